The molecule has 0 spiro atoms. The second kappa shape index (κ2) is 18.8. The number of nitrogen functional groups attached to an aromatic ring is 1. The van der Waals surface area contributed by atoms with Crippen LogP contribution in [0, 0.1) is 0 Å². The number of rotatable bonds is 19. The lowest BCUT2D eigenvalue weighted by Gasteiger charge is -2.22. The van der Waals surface area contributed by atoms with Gasteiger partial charge in [0.15, 0.2) is 17.1 Å². The minimum absolute atomic E-state index is 0.0102. The topological polar surface area (TPSA) is 365 Å². The molecule has 0 saturated carbocycles. The first kappa shape index (κ1) is 39.6. The second-order valence-electron chi connectivity index (χ2n) is 11.2. The van der Waals surface area contributed by atoms with Crippen molar-refractivity contribution in [3.8, 4) is 0 Å². The van der Waals surface area contributed by atoms with E-state index in [1.165, 1.54) is 25.4 Å². The number of amides is 4. The van der Waals surface area contributed by atoms with Gasteiger partial charge in [-0.25, -0.2) is 14.8 Å². The molecule has 0 aliphatic rings. The highest BCUT2D eigenvalue weighted by atomic mass is 16.4. The van der Waals surface area contributed by atoms with Crippen molar-refractivity contribution in [2.75, 3.05) is 24.6 Å². The van der Waals surface area contributed by atoms with Gasteiger partial charge < -0.3 is 54.0 Å². The standard InChI is InChI=1S/C30H39N13O9/c1-34-25(48)17(3-2-10-35-29(31)32)40-26(49)19(11-21(45)46)39-20(44)9-8-18(28(51)52)41-24(47)14-4-6-15(7-5-14)36-12-16-13-37-23-22(38-16)27(50)43-30(33)42-23/h4-7,13,17-19,36H,2-3,8-12H2,1H3,(H,34,48)(H,39,44)(H,40,49)(H,41,47)(H,45,46)(H,51,52)(H4,31,32,35)(H3,33,37,42,43,50)/t17?,18-,19-/m0/s1. The first-order valence-electron chi connectivity index (χ1n) is 15.6. The number of nitrogens with one attached hydrogen (secondary N) is 6. The molecule has 1 aromatic carbocycles. The Hall–Kier alpha value is -6.87. The van der Waals surface area contributed by atoms with Gasteiger partial charge in [0.2, 0.25) is 23.7 Å². The van der Waals surface area contributed by atoms with Crippen LogP contribution in [-0.4, -0.2) is 103 Å². The number of carboxylic acids is 2. The van der Waals surface area contributed by atoms with Crippen molar-refractivity contribution in [1.82, 2.24) is 41.2 Å². The molecule has 0 aliphatic carbocycles. The van der Waals surface area contributed by atoms with Crippen molar-refractivity contribution in [1.29, 1.82) is 0 Å². The Morgan fingerprint density at radius 2 is 1.63 bits per heavy atom. The first-order chi connectivity index (χ1) is 24.7. The number of nitrogens with zero attached hydrogens (tertiary/aromatic N) is 4. The number of likely N-dealkylation sites (N-methyl/N-ethyl adjacent to an activating group) is 1. The molecule has 0 fully saturated rings. The summed E-state index contributed by atoms with van der Waals surface area (Å²) in [6.07, 6.45) is 0.0494. The van der Waals surface area contributed by atoms with Crippen LogP contribution in [-0.2, 0) is 30.5 Å². The maximum Gasteiger partial charge on any atom is 0.326 e. The smallest absolute Gasteiger partial charge is 0.326 e. The highest BCUT2D eigenvalue weighted by Crippen LogP contribution is 2.13. The number of carbonyl (C=O) groups excluding carboxylic acids is 4. The quantitative estimate of drug-likeness (QED) is 0.0336. The minimum atomic E-state index is -1.60. The van der Waals surface area contributed by atoms with Gasteiger partial charge in [-0.15, -0.1) is 0 Å². The Labute approximate surface area is 294 Å². The number of H-pyrrole nitrogens is 1. The number of fused-ring (bicyclic) bond motifs is 1. The van der Waals surface area contributed by atoms with Gasteiger partial charge >= 0.3 is 11.9 Å². The van der Waals surface area contributed by atoms with Crippen LogP contribution in [0.2, 0.25) is 0 Å². The van der Waals surface area contributed by atoms with E-state index in [0.29, 0.717) is 11.4 Å². The maximum absolute atomic E-state index is 12.9. The van der Waals surface area contributed by atoms with Crippen molar-refractivity contribution in [3.05, 3.63) is 52.1 Å². The number of carboxylic acid groups (broad SMARTS) is 2. The highest BCUT2D eigenvalue weighted by molar-refractivity contribution is 5.97. The van der Waals surface area contributed by atoms with Gasteiger partial charge in [0.05, 0.1) is 24.9 Å². The molecule has 2 heterocycles. The second-order valence-corrected chi connectivity index (χ2v) is 11.2. The number of benzene rings is 1. The normalized spacial score (nSPS) is 12.4. The van der Waals surface area contributed by atoms with Gasteiger partial charge in [0, 0.05) is 31.3 Å². The summed E-state index contributed by atoms with van der Waals surface area (Å²) in [5.41, 5.74) is 16.7. The van der Waals surface area contributed by atoms with E-state index in [1.54, 1.807) is 12.1 Å². The third-order valence-corrected chi connectivity index (χ3v) is 7.23. The van der Waals surface area contributed by atoms with Gasteiger partial charge in [0.25, 0.3) is 11.5 Å². The minimum Gasteiger partial charge on any atom is -0.481 e. The molecule has 0 aliphatic heterocycles. The van der Waals surface area contributed by atoms with E-state index in [0.717, 1.165) is 0 Å². The lowest BCUT2D eigenvalue weighted by atomic mass is 10.1. The summed E-state index contributed by atoms with van der Waals surface area (Å²) in [7, 11) is 1.34. The molecule has 52 heavy (non-hydrogen) atoms. The molecule has 4 amide bonds. The highest BCUT2D eigenvalue weighted by Gasteiger charge is 2.29. The lowest BCUT2D eigenvalue weighted by Crippen LogP contribution is -2.54. The Bertz CT molecular complexity index is 1880. The summed E-state index contributed by atoms with van der Waals surface area (Å²) < 4.78 is 0. The number of guanidine groups is 1. The molecule has 278 valence electrons. The zero-order chi connectivity index (χ0) is 38.4. The van der Waals surface area contributed by atoms with E-state index in [4.69, 9.17) is 17.2 Å². The fraction of sp³-hybridized carbons (Fsp3) is 0.367. The molecule has 22 nitrogen and oxygen atoms in total. The molecule has 3 rings (SSSR count). The van der Waals surface area contributed by atoms with Crippen molar-refractivity contribution >= 4 is 64.3 Å². The summed E-state index contributed by atoms with van der Waals surface area (Å²) in [6.45, 7) is 0.319. The largest absolute Gasteiger partial charge is 0.481 e. The van der Waals surface area contributed by atoms with E-state index in [2.05, 4.69) is 51.5 Å². The molecular weight excluding hydrogens is 686 g/mol. The Balaban J connectivity index is 1.55. The van der Waals surface area contributed by atoms with Crippen LogP contribution in [0.5, 0.6) is 0 Å². The number of carbonyl (C=O) groups is 6. The summed E-state index contributed by atoms with van der Waals surface area (Å²) in [6, 6.07) is 1.73. The predicted octanol–water partition coefficient (Wildman–Crippen LogP) is -2.89. The number of nitrogens with two attached hydrogens (primary N) is 3. The summed E-state index contributed by atoms with van der Waals surface area (Å²) in [5.74, 6) is -6.29. The van der Waals surface area contributed by atoms with Crippen LogP contribution in [0.1, 0.15) is 48.2 Å². The summed E-state index contributed by atoms with van der Waals surface area (Å²) in [4.78, 5) is 105. The fourth-order valence-corrected chi connectivity index (χ4v) is 4.63. The Morgan fingerprint density at radius 1 is 0.923 bits per heavy atom. The number of anilines is 2. The third kappa shape index (κ3) is 12.2. The van der Waals surface area contributed by atoms with E-state index in [1.807, 2.05) is 0 Å². The van der Waals surface area contributed by atoms with E-state index < -0.39 is 78.5 Å². The van der Waals surface area contributed by atoms with Crippen molar-refractivity contribution in [2.24, 2.45) is 16.5 Å². The SMILES string of the molecule is CNC(=O)C(CCCN=C(N)N)NC(=O)[C@H](CC(=O)O)NC(=O)CC[C@H](NC(=O)c1ccc(NCc2cnc3nc(N)[nH]c(=O)c3n2)cc1)C(=O)O. The van der Waals surface area contributed by atoms with Crippen LogP contribution >= 0.6 is 0 Å². The Morgan fingerprint density at radius 3 is 2.27 bits per heavy atom. The lowest BCUT2D eigenvalue weighted by molar-refractivity contribution is -0.141. The predicted molar refractivity (Wildman–Crippen MR) is 184 cm³/mol. The first-order valence-corrected chi connectivity index (χ1v) is 15.6. The number of aromatic amines is 1. The zero-order valence-electron chi connectivity index (χ0n) is 27.8. The number of aliphatic carboxylic acids is 2. The van der Waals surface area contributed by atoms with Crippen LogP contribution in [0.15, 0.2) is 40.2 Å². The number of aromatic nitrogens is 4. The molecule has 3 aromatic rings. The Kier molecular flexibility index (Phi) is 14.3. The van der Waals surface area contributed by atoms with Gasteiger partial charge in [-0.2, -0.15) is 4.98 Å². The molecule has 0 saturated heterocycles. The van der Waals surface area contributed by atoms with E-state index >= 15 is 0 Å². The van der Waals surface area contributed by atoms with E-state index in [-0.39, 0.29) is 54.6 Å². The molecular formula is C30H39N13O9. The van der Waals surface area contributed by atoms with Crippen LogP contribution < -0.4 is 49.3 Å². The van der Waals surface area contributed by atoms with Crippen LogP contribution in [0.25, 0.3) is 11.2 Å². The summed E-state index contributed by atoms with van der Waals surface area (Å²) >= 11 is 0. The van der Waals surface area contributed by atoms with Crippen molar-refractivity contribution in [3.63, 3.8) is 0 Å². The van der Waals surface area contributed by atoms with Crippen molar-refractivity contribution < 1.29 is 39.0 Å². The van der Waals surface area contributed by atoms with Gasteiger partial charge in [-0.3, -0.25) is 38.7 Å². The average molecular weight is 726 g/mol. The summed E-state index contributed by atoms with van der Waals surface area (Å²) in [5, 5.41) is 31.4. The molecule has 3 atom stereocenters. The maximum atomic E-state index is 12.9. The number of hydrogen-bond acceptors (Lipinski definition) is 13. The third-order valence-electron chi connectivity index (χ3n) is 7.23. The van der Waals surface area contributed by atoms with Gasteiger partial charge in [-0.05, 0) is 43.5 Å². The van der Waals surface area contributed by atoms with Crippen LogP contribution in [0.4, 0.5) is 11.6 Å². The molecule has 0 radical (unpaired) electrons. The monoisotopic (exact) mass is 725 g/mol. The van der Waals surface area contributed by atoms with E-state index in [9.17, 15) is 43.8 Å². The number of hydrogen-bond donors (Lipinski definition) is 11. The zero-order valence-corrected chi connectivity index (χ0v) is 27.8. The van der Waals surface area contributed by atoms with Crippen molar-refractivity contribution in [2.45, 2.75) is 56.8 Å². The molecule has 0 bridgehead atoms. The number of aliphatic imine (C=N–C) groups is 1. The van der Waals surface area contributed by atoms with Gasteiger partial charge in [0.1, 0.15) is 18.1 Å². The average Bonchev–Trinajstić information content (AvgIpc) is 3.09. The fourth-order valence-electron chi connectivity index (χ4n) is 4.63. The molecule has 2 aromatic heterocycles. The molecule has 22 heteroatoms. The van der Waals surface area contributed by atoms with Crippen LogP contribution in [0.3, 0.4) is 0 Å². The molecule has 1 unspecified atom stereocenters. The molecule has 14 N–H and O–H groups in total. The van der Waals surface area contributed by atoms with Gasteiger partial charge in [-0.1, -0.05) is 0 Å².